The average Bonchev–Trinajstić information content (AvgIpc) is 2.98. The van der Waals surface area contributed by atoms with E-state index in [1.165, 1.54) is 12.8 Å². The maximum Gasteiger partial charge on any atom is 0.155 e. The van der Waals surface area contributed by atoms with E-state index >= 15 is 0 Å². The van der Waals surface area contributed by atoms with Gasteiger partial charge in [0.2, 0.25) is 0 Å². The van der Waals surface area contributed by atoms with Gasteiger partial charge < -0.3 is 5.73 Å². The molecule has 1 aliphatic carbocycles. The molecule has 1 aliphatic rings. The van der Waals surface area contributed by atoms with E-state index in [0.717, 1.165) is 23.6 Å². The summed E-state index contributed by atoms with van der Waals surface area (Å²) in [6.45, 7) is 2.01. The molecule has 2 aromatic heterocycles. The Labute approximate surface area is 94.5 Å². The van der Waals surface area contributed by atoms with Crippen molar-refractivity contribution in [1.82, 2.24) is 14.6 Å². The lowest BCUT2D eigenvalue weighted by atomic mass is 10.2. The SMILES string of the molecule is CC(N)Cc1cccc2nc(C3CC3)nn12. The molecule has 0 spiro atoms. The summed E-state index contributed by atoms with van der Waals surface area (Å²) >= 11 is 0. The predicted octanol–water partition coefficient (Wildman–Crippen LogP) is 1.50. The van der Waals surface area contributed by atoms with Gasteiger partial charge >= 0.3 is 0 Å². The Balaban J connectivity index is 2.06. The van der Waals surface area contributed by atoms with Gasteiger partial charge in [0.25, 0.3) is 0 Å². The first-order valence-electron chi connectivity index (χ1n) is 5.84. The van der Waals surface area contributed by atoms with Gasteiger partial charge in [0, 0.05) is 24.1 Å². The highest BCUT2D eigenvalue weighted by Crippen LogP contribution is 2.38. The number of rotatable bonds is 3. The van der Waals surface area contributed by atoms with Crippen molar-refractivity contribution in [2.24, 2.45) is 5.73 Å². The molecule has 1 atom stereocenters. The molecule has 0 bridgehead atoms. The van der Waals surface area contributed by atoms with E-state index in [2.05, 4.69) is 16.1 Å². The minimum absolute atomic E-state index is 0.152. The smallest absolute Gasteiger partial charge is 0.155 e. The van der Waals surface area contributed by atoms with Gasteiger partial charge in [-0.25, -0.2) is 9.50 Å². The molecule has 1 unspecified atom stereocenters. The van der Waals surface area contributed by atoms with E-state index in [-0.39, 0.29) is 6.04 Å². The standard InChI is InChI=1S/C12H16N4/c1-8(13)7-10-3-2-4-11-14-12(9-5-6-9)15-16(10)11/h2-4,8-9H,5-7,13H2,1H3. The van der Waals surface area contributed by atoms with Crippen LogP contribution in [0.4, 0.5) is 0 Å². The third kappa shape index (κ3) is 1.69. The van der Waals surface area contributed by atoms with Gasteiger partial charge in [-0.2, -0.15) is 5.10 Å². The fraction of sp³-hybridized carbons (Fsp3) is 0.500. The van der Waals surface area contributed by atoms with Crippen molar-refractivity contribution in [3.63, 3.8) is 0 Å². The summed E-state index contributed by atoms with van der Waals surface area (Å²) in [5.41, 5.74) is 7.92. The lowest BCUT2D eigenvalue weighted by Gasteiger charge is -2.06. The minimum Gasteiger partial charge on any atom is -0.328 e. The van der Waals surface area contributed by atoms with Crippen molar-refractivity contribution in [2.75, 3.05) is 0 Å². The Morgan fingerprint density at radius 1 is 1.50 bits per heavy atom. The normalized spacial score (nSPS) is 17.9. The fourth-order valence-corrected chi connectivity index (χ4v) is 1.97. The zero-order valence-corrected chi connectivity index (χ0v) is 9.43. The Morgan fingerprint density at radius 2 is 2.31 bits per heavy atom. The Hall–Kier alpha value is -1.42. The predicted molar refractivity (Wildman–Crippen MR) is 62.3 cm³/mol. The van der Waals surface area contributed by atoms with Gasteiger partial charge in [-0.05, 0) is 31.9 Å². The highest BCUT2D eigenvalue weighted by atomic mass is 15.3. The fourth-order valence-electron chi connectivity index (χ4n) is 1.97. The van der Waals surface area contributed by atoms with Crippen LogP contribution in [0, 0.1) is 0 Å². The Bertz CT molecular complexity index is 511. The monoisotopic (exact) mass is 216 g/mol. The van der Waals surface area contributed by atoms with Gasteiger partial charge in [-0.3, -0.25) is 0 Å². The molecule has 0 saturated heterocycles. The van der Waals surface area contributed by atoms with Crippen molar-refractivity contribution in [3.8, 4) is 0 Å². The number of nitrogens with two attached hydrogens (primary N) is 1. The molecule has 0 radical (unpaired) electrons. The first-order valence-corrected chi connectivity index (χ1v) is 5.84. The van der Waals surface area contributed by atoms with E-state index in [4.69, 9.17) is 5.73 Å². The molecule has 4 heteroatoms. The minimum atomic E-state index is 0.152. The molecule has 16 heavy (non-hydrogen) atoms. The Morgan fingerprint density at radius 3 is 3.00 bits per heavy atom. The van der Waals surface area contributed by atoms with Crippen LogP contribution in [0.15, 0.2) is 18.2 Å². The lowest BCUT2D eigenvalue weighted by molar-refractivity contribution is 0.694. The number of hydrogen-bond acceptors (Lipinski definition) is 3. The van der Waals surface area contributed by atoms with Gasteiger partial charge in [-0.15, -0.1) is 0 Å². The number of hydrogen-bond donors (Lipinski definition) is 1. The van der Waals surface area contributed by atoms with Crippen LogP contribution in [0.1, 0.15) is 37.2 Å². The zero-order valence-electron chi connectivity index (χ0n) is 9.43. The zero-order chi connectivity index (χ0) is 11.1. The van der Waals surface area contributed by atoms with Gasteiger partial charge in [-0.1, -0.05) is 6.07 Å². The molecule has 1 saturated carbocycles. The van der Waals surface area contributed by atoms with Crippen LogP contribution >= 0.6 is 0 Å². The molecule has 2 N–H and O–H groups in total. The quantitative estimate of drug-likeness (QED) is 0.845. The van der Waals surface area contributed by atoms with Crippen LogP contribution in [-0.2, 0) is 6.42 Å². The summed E-state index contributed by atoms with van der Waals surface area (Å²) in [4.78, 5) is 4.55. The second-order valence-electron chi connectivity index (χ2n) is 4.71. The molecule has 2 aromatic rings. The number of aromatic nitrogens is 3. The maximum absolute atomic E-state index is 5.83. The number of pyridine rings is 1. The van der Waals surface area contributed by atoms with Crippen LogP contribution in [-0.4, -0.2) is 20.6 Å². The van der Waals surface area contributed by atoms with Gasteiger partial charge in [0.15, 0.2) is 11.5 Å². The summed E-state index contributed by atoms with van der Waals surface area (Å²) in [5.74, 6) is 1.60. The van der Waals surface area contributed by atoms with E-state index in [9.17, 15) is 0 Å². The highest BCUT2D eigenvalue weighted by molar-refractivity contribution is 5.39. The Kier molecular flexibility index (Phi) is 2.17. The van der Waals surface area contributed by atoms with Crippen molar-refractivity contribution in [3.05, 3.63) is 29.7 Å². The molecule has 2 heterocycles. The average molecular weight is 216 g/mol. The molecule has 84 valence electrons. The summed E-state index contributed by atoms with van der Waals surface area (Å²) < 4.78 is 1.94. The second kappa shape index (κ2) is 3.56. The van der Waals surface area contributed by atoms with E-state index < -0.39 is 0 Å². The molecule has 0 amide bonds. The van der Waals surface area contributed by atoms with Crippen LogP contribution < -0.4 is 5.73 Å². The van der Waals surface area contributed by atoms with Crippen LogP contribution in [0.3, 0.4) is 0 Å². The van der Waals surface area contributed by atoms with Crippen molar-refractivity contribution in [1.29, 1.82) is 0 Å². The van der Waals surface area contributed by atoms with Crippen LogP contribution in [0.5, 0.6) is 0 Å². The summed E-state index contributed by atoms with van der Waals surface area (Å²) in [6, 6.07) is 6.25. The summed E-state index contributed by atoms with van der Waals surface area (Å²) in [6.07, 6.45) is 3.31. The van der Waals surface area contributed by atoms with Crippen LogP contribution in [0.2, 0.25) is 0 Å². The molecular formula is C12H16N4. The molecule has 3 rings (SSSR count). The molecule has 4 nitrogen and oxygen atoms in total. The molecule has 0 aromatic carbocycles. The number of fused-ring (bicyclic) bond motifs is 1. The third-order valence-corrected chi connectivity index (χ3v) is 2.93. The van der Waals surface area contributed by atoms with E-state index in [0.29, 0.717) is 5.92 Å². The first-order chi connectivity index (χ1) is 7.74. The van der Waals surface area contributed by atoms with Gasteiger partial charge in [0.05, 0.1) is 0 Å². The van der Waals surface area contributed by atoms with Crippen LogP contribution in [0.25, 0.3) is 5.65 Å². The van der Waals surface area contributed by atoms with Gasteiger partial charge in [0.1, 0.15) is 0 Å². The maximum atomic E-state index is 5.83. The molecular weight excluding hydrogens is 200 g/mol. The lowest BCUT2D eigenvalue weighted by Crippen LogP contribution is -2.19. The number of nitrogens with zero attached hydrogens (tertiary/aromatic N) is 3. The van der Waals surface area contributed by atoms with E-state index in [1.807, 2.05) is 23.6 Å². The van der Waals surface area contributed by atoms with Crippen molar-refractivity contribution < 1.29 is 0 Å². The summed E-state index contributed by atoms with van der Waals surface area (Å²) in [7, 11) is 0. The second-order valence-corrected chi connectivity index (χ2v) is 4.71. The molecule has 0 aliphatic heterocycles. The largest absolute Gasteiger partial charge is 0.328 e. The van der Waals surface area contributed by atoms with Crippen molar-refractivity contribution in [2.45, 2.75) is 38.1 Å². The third-order valence-electron chi connectivity index (χ3n) is 2.93. The van der Waals surface area contributed by atoms with E-state index in [1.54, 1.807) is 0 Å². The highest BCUT2D eigenvalue weighted by Gasteiger charge is 2.28. The first kappa shape index (κ1) is 9.78. The molecule has 1 fully saturated rings. The summed E-state index contributed by atoms with van der Waals surface area (Å²) in [5, 5.41) is 4.58. The van der Waals surface area contributed by atoms with Crippen molar-refractivity contribution >= 4 is 5.65 Å². The topological polar surface area (TPSA) is 56.2 Å².